The summed E-state index contributed by atoms with van der Waals surface area (Å²) in [5.41, 5.74) is 0.759. The predicted octanol–water partition coefficient (Wildman–Crippen LogP) is 1.42. The van der Waals surface area contributed by atoms with E-state index < -0.39 is 5.97 Å². The van der Waals surface area contributed by atoms with Crippen LogP contribution in [0.5, 0.6) is 11.5 Å². The van der Waals surface area contributed by atoms with E-state index in [0.29, 0.717) is 0 Å². The molecule has 1 heterocycles. The minimum atomic E-state index is -0.825. The number of aliphatic carboxylic acids is 1. The van der Waals surface area contributed by atoms with Crippen LogP contribution in [-0.4, -0.2) is 11.1 Å². The van der Waals surface area contributed by atoms with Gasteiger partial charge < -0.3 is 9.84 Å². The van der Waals surface area contributed by atoms with E-state index in [1.54, 1.807) is 12.1 Å². The summed E-state index contributed by atoms with van der Waals surface area (Å²) in [5, 5.41) is 8.46. The zero-order chi connectivity index (χ0) is 7.84. The number of hydrogen-bond donors (Lipinski definition) is 1. The van der Waals surface area contributed by atoms with E-state index in [0.717, 1.165) is 17.1 Å². The third-order valence-corrected chi connectivity index (χ3v) is 1.57. The lowest BCUT2D eigenvalue weighted by Crippen LogP contribution is -1.98. The van der Waals surface area contributed by atoms with Crippen molar-refractivity contribution >= 4 is 5.97 Å². The van der Waals surface area contributed by atoms with E-state index in [9.17, 15) is 4.79 Å². The maximum absolute atomic E-state index is 10.3. The van der Waals surface area contributed by atoms with Gasteiger partial charge in [-0.25, -0.2) is 0 Å². The Morgan fingerprint density at radius 3 is 3.09 bits per heavy atom. The first-order valence-corrected chi connectivity index (χ1v) is 3.29. The normalized spacial score (nSPS) is 11.6. The highest BCUT2D eigenvalue weighted by Gasteiger charge is 2.24. The first-order chi connectivity index (χ1) is 5.27. The van der Waals surface area contributed by atoms with Crippen molar-refractivity contribution in [3.8, 4) is 11.5 Å². The zero-order valence-corrected chi connectivity index (χ0v) is 5.70. The van der Waals surface area contributed by atoms with Crippen molar-refractivity contribution in [1.29, 1.82) is 0 Å². The van der Waals surface area contributed by atoms with Gasteiger partial charge in [-0.05, 0) is 6.07 Å². The van der Waals surface area contributed by atoms with Crippen molar-refractivity contribution in [1.82, 2.24) is 0 Å². The largest absolute Gasteiger partial charge is 0.481 e. The average molecular weight is 150 g/mol. The molecule has 0 unspecified atom stereocenters. The molecule has 0 bridgehead atoms. The van der Waals surface area contributed by atoms with Gasteiger partial charge in [0.1, 0.15) is 0 Å². The molecular formula is C8H6O3. The minimum absolute atomic E-state index is 0.0448. The fourth-order valence-electron chi connectivity index (χ4n) is 1.05. The lowest BCUT2D eigenvalue weighted by Gasteiger charge is -1.89. The fourth-order valence-corrected chi connectivity index (χ4v) is 1.05. The van der Waals surface area contributed by atoms with Crippen LogP contribution in [-0.2, 0) is 11.2 Å². The fraction of sp³-hybridized carbons (Fsp3) is 0.125. The second-order valence-electron chi connectivity index (χ2n) is 2.42. The number of carboxylic acid groups (broad SMARTS) is 1. The first kappa shape index (κ1) is 6.22. The highest BCUT2D eigenvalue weighted by atomic mass is 16.6. The van der Waals surface area contributed by atoms with Crippen LogP contribution < -0.4 is 4.74 Å². The Bertz CT molecular complexity index is 317. The van der Waals surface area contributed by atoms with Crippen LogP contribution in [0.3, 0.4) is 0 Å². The van der Waals surface area contributed by atoms with Gasteiger partial charge in [-0.2, -0.15) is 0 Å². The lowest BCUT2D eigenvalue weighted by molar-refractivity contribution is -0.136. The van der Waals surface area contributed by atoms with Crippen LogP contribution in [0.1, 0.15) is 5.56 Å². The highest BCUT2D eigenvalue weighted by molar-refractivity contribution is 5.74. The molecule has 1 aromatic carbocycles. The Balaban J connectivity index is 2.28. The van der Waals surface area contributed by atoms with E-state index in [1.165, 1.54) is 0 Å². The maximum Gasteiger partial charge on any atom is 0.307 e. The molecule has 56 valence electrons. The molecule has 0 atom stereocenters. The summed E-state index contributed by atoms with van der Waals surface area (Å²) < 4.78 is 5.01. The number of fused-ring (bicyclic) bond motifs is 1. The van der Waals surface area contributed by atoms with Gasteiger partial charge in [0.25, 0.3) is 0 Å². The number of carboxylic acids is 1. The number of rotatable bonds is 2. The topological polar surface area (TPSA) is 49.8 Å². The van der Waals surface area contributed by atoms with E-state index in [4.69, 9.17) is 9.84 Å². The minimum Gasteiger partial charge on any atom is -0.481 e. The molecule has 1 aromatic rings. The standard InChI is InChI=1S/C8H6O3/c9-7(10)4-5-2-1-3-6-8(5)11-6/h1-3H,4H2,(H,9,10). The van der Waals surface area contributed by atoms with Gasteiger partial charge in [-0.1, -0.05) is 12.1 Å². The molecule has 3 heteroatoms. The molecule has 1 aliphatic heterocycles. The van der Waals surface area contributed by atoms with E-state index in [-0.39, 0.29) is 6.42 Å². The van der Waals surface area contributed by atoms with Crippen molar-refractivity contribution < 1.29 is 14.6 Å². The zero-order valence-electron chi connectivity index (χ0n) is 5.70. The Morgan fingerprint density at radius 1 is 1.55 bits per heavy atom. The summed E-state index contributed by atoms with van der Waals surface area (Å²) in [6.45, 7) is 0. The van der Waals surface area contributed by atoms with Crippen LogP contribution in [0.2, 0.25) is 0 Å². The number of benzene rings is 1. The summed E-state index contributed by atoms with van der Waals surface area (Å²) in [6, 6.07) is 5.38. The molecule has 0 spiro atoms. The molecule has 1 N–H and O–H groups in total. The van der Waals surface area contributed by atoms with Crippen molar-refractivity contribution in [2.75, 3.05) is 0 Å². The van der Waals surface area contributed by atoms with Crippen molar-refractivity contribution in [2.45, 2.75) is 6.42 Å². The molecule has 0 aromatic heterocycles. The molecule has 1 aliphatic rings. The summed E-state index contributed by atoms with van der Waals surface area (Å²) in [6.07, 6.45) is 0.0448. The quantitative estimate of drug-likeness (QED) is 0.658. The Morgan fingerprint density at radius 2 is 2.36 bits per heavy atom. The molecule has 11 heavy (non-hydrogen) atoms. The van der Waals surface area contributed by atoms with Crippen LogP contribution in [0, 0.1) is 0 Å². The average Bonchev–Trinajstić information content (AvgIpc) is 2.65. The molecular weight excluding hydrogens is 144 g/mol. The molecule has 3 nitrogen and oxygen atoms in total. The number of hydrogen-bond acceptors (Lipinski definition) is 2. The summed E-state index contributed by atoms with van der Waals surface area (Å²) in [4.78, 5) is 10.3. The van der Waals surface area contributed by atoms with Gasteiger partial charge in [0.05, 0.1) is 6.42 Å². The van der Waals surface area contributed by atoms with Gasteiger partial charge in [0.15, 0.2) is 11.5 Å². The molecule has 0 radical (unpaired) electrons. The highest BCUT2D eigenvalue weighted by Crippen LogP contribution is 2.47. The van der Waals surface area contributed by atoms with Crippen LogP contribution >= 0.6 is 0 Å². The summed E-state index contributed by atoms with van der Waals surface area (Å²) in [5.74, 6) is 0.729. The maximum atomic E-state index is 10.3. The third kappa shape index (κ3) is 1.05. The van der Waals surface area contributed by atoms with Crippen molar-refractivity contribution in [2.24, 2.45) is 0 Å². The van der Waals surface area contributed by atoms with Crippen molar-refractivity contribution in [3.05, 3.63) is 23.8 Å². The van der Waals surface area contributed by atoms with Gasteiger partial charge in [-0.15, -0.1) is 0 Å². The van der Waals surface area contributed by atoms with Crippen LogP contribution in [0.15, 0.2) is 18.2 Å². The van der Waals surface area contributed by atoms with Crippen LogP contribution in [0.25, 0.3) is 0 Å². The number of ether oxygens (including phenoxy) is 1. The Hall–Kier alpha value is -1.51. The SMILES string of the molecule is O=C(O)Cc1cccc2c1O2. The lowest BCUT2D eigenvalue weighted by atomic mass is 10.2. The third-order valence-electron chi connectivity index (χ3n) is 1.57. The van der Waals surface area contributed by atoms with E-state index in [1.807, 2.05) is 6.07 Å². The summed E-state index contributed by atoms with van der Waals surface area (Å²) >= 11 is 0. The second-order valence-corrected chi connectivity index (χ2v) is 2.42. The first-order valence-electron chi connectivity index (χ1n) is 3.29. The second kappa shape index (κ2) is 1.99. The Kier molecular flexibility index (Phi) is 1.12. The summed E-state index contributed by atoms with van der Waals surface area (Å²) in [7, 11) is 0. The Labute approximate surface area is 63.2 Å². The van der Waals surface area contributed by atoms with Gasteiger partial charge in [-0.3, -0.25) is 4.79 Å². The molecule has 0 fully saturated rings. The van der Waals surface area contributed by atoms with E-state index >= 15 is 0 Å². The monoisotopic (exact) mass is 150 g/mol. The molecule has 0 amide bonds. The van der Waals surface area contributed by atoms with Gasteiger partial charge in [0, 0.05) is 5.56 Å². The molecule has 0 saturated heterocycles. The molecule has 0 aliphatic carbocycles. The van der Waals surface area contributed by atoms with Gasteiger partial charge >= 0.3 is 5.97 Å². The molecule has 2 rings (SSSR count). The number of carbonyl (C=O) groups is 1. The number of para-hydroxylation sites is 1. The van der Waals surface area contributed by atoms with E-state index in [2.05, 4.69) is 0 Å². The molecule has 0 saturated carbocycles. The van der Waals surface area contributed by atoms with Crippen molar-refractivity contribution in [3.63, 3.8) is 0 Å². The smallest absolute Gasteiger partial charge is 0.307 e. The van der Waals surface area contributed by atoms with Gasteiger partial charge in [0.2, 0.25) is 0 Å². The van der Waals surface area contributed by atoms with Crippen LogP contribution in [0.4, 0.5) is 0 Å². The predicted molar refractivity (Wildman–Crippen MR) is 37.9 cm³/mol.